The zero-order valence-corrected chi connectivity index (χ0v) is 10.7. The van der Waals surface area contributed by atoms with Gasteiger partial charge in [0.05, 0.1) is 0 Å². The molecular formula is C6F14O3S. The molecule has 0 saturated carbocycles. The fraction of sp³-hybridized carbons (Fsp3) is 1.00. The highest BCUT2D eigenvalue weighted by atomic mass is 32.2. The van der Waals surface area contributed by atoms with Gasteiger partial charge in [0.25, 0.3) is 0 Å². The molecule has 0 radical (unpaired) electrons. The number of rotatable bonds is 6. The van der Waals surface area contributed by atoms with Gasteiger partial charge in [0.15, 0.2) is 0 Å². The van der Waals surface area contributed by atoms with Gasteiger partial charge in [-0.2, -0.15) is 74.0 Å². The van der Waals surface area contributed by atoms with E-state index in [2.05, 4.69) is 0 Å². The second-order valence-corrected chi connectivity index (χ2v) is 4.29. The zero-order chi connectivity index (χ0) is 20.0. The second kappa shape index (κ2) is 6.11. The Labute approximate surface area is 123 Å². The molecule has 0 N–H and O–H groups in total. The minimum absolute atomic E-state index is 1.94. The summed E-state index contributed by atoms with van der Waals surface area (Å²) >= 11 is -5.28. The van der Waals surface area contributed by atoms with Gasteiger partial charge in [-0.1, -0.05) is 0 Å². The van der Waals surface area contributed by atoms with Crippen molar-refractivity contribution in [1.29, 1.82) is 0 Å². The lowest BCUT2D eigenvalue weighted by Gasteiger charge is -2.29. The molecule has 18 heteroatoms. The molecule has 0 aliphatic heterocycles. The smallest absolute Gasteiger partial charge is 0.197 e. The summed E-state index contributed by atoms with van der Waals surface area (Å²) in [5, 5.41) is 0. The lowest BCUT2D eigenvalue weighted by Crippen LogP contribution is -2.56. The van der Waals surface area contributed by atoms with Crippen molar-refractivity contribution in [3.63, 3.8) is 0 Å². The Morgan fingerprint density at radius 2 is 0.708 bits per heavy atom. The molecule has 0 aromatic rings. The van der Waals surface area contributed by atoms with Gasteiger partial charge in [-0.25, -0.2) is 0 Å². The lowest BCUT2D eigenvalue weighted by atomic mass is 10.3. The molecule has 0 amide bonds. The highest BCUT2D eigenvalue weighted by Gasteiger charge is 2.78. The van der Waals surface area contributed by atoms with Crippen molar-refractivity contribution < 1.29 is 74.0 Å². The van der Waals surface area contributed by atoms with E-state index in [4.69, 9.17) is 0 Å². The van der Waals surface area contributed by atoms with E-state index in [-0.39, 0.29) is 0 Å². The van der Waals surface area contributed by atoms with E-state index in [0.29, 0.717) is 0 Å². The van der Waals surface area contributed by atoms with Gasteiger partial charge < -0.3 is 0 Å². The fourth-order valence-corrected chi connectivity index (χ4v) is 1.21. The Morgan fingerprint density at radius 3 is 0.875 bits per heavy atom. The van der Waals surface area contributed by atoms with Crippen LogP contribution in [0.15, 0.2) is 0 Å². The standard InChI is InChI=1S/C6F14O3S/c7-1(8,3(11,12)13)5(17,18)22-24(21)23-6(19,20)2(9,10)4(14,15)16. The first kappa shape index (κ1) is 23.1. The molecule has 0 aromatic heterocycles. The van der Waals surface area contributed by atoms with Crippen molar-refractivity contribution in [3.8, 4) is 0 Å². The van der Waals surface area contributed by atoms with Crippen molar-refractivity contribution in [3.05, 3.63) is 0 Å². The topological polar surface area (TPSA) is 35.5 Å². The third-order valence-corrected chi connectivity index (χ3v) is 2.48. The molecule has 0 unspecified atom stereocenters. The van der Waals surface area contributed by atoms with E-state index < -0.39 is 47.8 Å². The van der Waals surface area contributed by atoms with Crippen molar-refractivity contribution in [2.45, 2.75) is 36.4 Å². The Kier molecular flexibility index (Phi) is 5.88. The maximum absolute atomic E-state index is 12.4. The molecule has 24 heavy (non-hydrogen) atoms. The van der Waals surface area contributed by atoms with Gasteiger partial charge in [0.1, 0.15) is 0 Å². The summed E-state index contributed by atoms with van der Waals surface area (Å²) in [7, 11) is 0. The molecule has 0 spiro atoms. The Hall–Kier alpha value is -0.910. The van der Waals surface area contributed by atoms with E-state index in [1.165, 1.54) is 0 Å². The molecule has 146 valence electrons. The minimum atomic E-state index is -7.18. The van der Waals surface area contributed by atoms with Crippen LogP contribution >= 0.6 is 0 Å². The average Bonchev–Trinajstić information content (AvgIpc) is 2.22. The van der Waals surface area contributed by atoms with Crippen molar-refractivity contribution in [1.82, 2.24) is 0 Å². The first-order valence-electron chi connectivity index (χ1n) is 4.55. The largest absolute Gasteiger partial charge is 0.462 e. The summed E-state index contributed by atoms with van der Waals surface area (Å²) < 4.78 is 182. The number of hydrogen-bond acceptors (Lipinski definition) is 3. The molecular weight excluding hydrogens is 418 g/mol. The Morgan fingerprint density at radius 1 is 0.500 bits per heavy atom. The summed E-state index contributed by atoms with van der Waals surface area (Å²) in [5.41, 5.74) is 0. The average molecular weight is 418 g/mol. The molecule has 0 saturated heterocycles. The summed E-state index contributed by atoms with van der Waals surface area (Å²) in [6.45, 7) is 0. The number of alkyl halides is 14. The van der Waals surface area contributed by atoms with Crippen LogP contribution in [-0.4, -0.2) is 40.6 Å². The maximum atomic E-state index is 12.4. The summed E-state index contributed by atoms with van der Waals surface area (Å²) in [6.07, 6.45) is -28.0. The predicted octanol–water partition coefficient (Wildman–Crippen LogP) is 4.18. The molecule has 3 nitrogen and oxygen atoms in total. The van der Waals surface area contributed by atoms with Crippen LogP contribution in [0.5, 0.6) is 0 Å². The van der Waals surface area contributed by atoms with E-state index >= 15 is 0 Å². The Bertz CT molecular complexity index is 436. The van der Waals surface area contributed by atoms with Crippen LogP contribution in [-0.2, 0) is 19.7 Å². The van der Waals surface area contributed by atoms with Crippen LogP contribution in [0.1, 0.15) is 0 Å². The Balaban J connectivity index is 5.36. The van der Waals surface area contributed by atoms with E-state index in [0.717, 1.165) is 0 Å². The molecule has 0 fully saturated rings. The predicted molar refractivity (Wildman–Crippen MR) is 42.2 cm³/mol. The van der Waals surface area contributed by atoms with Gasteiger partial charge in [-0.05, 0) is 0 Å². The highest BCUT2D eigenvalue weighted by Crippen LogP contribution is 2.50. The van der Waals surface area contributed by atoms with Gasteiger partial charge in [-0.3, -0.25) is 0 Å². The van der Waals surface area contributed by atoms with Gasteiger partial charge in [0.2, 0.25) is 0 Å². The second-order valence-electron chi connectivity index (χ2n) is 3.55. The van der Waals surface area contributed by atoms with Crippen LogP contribution in [0.3, 0.4) is 0 Å². The number of hydrogen-bond donors (Lipinski definition) is 0. The zero-order valence-electron chi connectivity index (χ0n) is 9.92. The first-order chi connectivity index (χ1) is 10.1. The van der Waals surface area contributed by atoms with Gasteiger partial charge >= 0.3 is 47.8 Å². The highest BCUT2D eigenvalue weighted by molar-refractivity contribution is 7.75. The van der Waals surface area contributed by atoms with Crippen LogP contribution in [0.4, 0.5) is 61.5 Å². The molecule has 0 aliphatic carbocycles. The SMILES string of the molecule is O=S(OC(F)(F)C(F)(F)C(F)(F)F)OC(F)(F)C(F)(F)C(F)(F)F. The quantitative estimate of drug-likeness (QED) is 0.608. The number of halogens is 14. The van der Waals surface area contributed by atoms with Gasteiger partial charge in [0, 0.05) is 0 Å². The van der Waals surface area contributed by atoms with Crippen LogP contribution in [0, 0.1) is 0 Å². The van der Waals surface area contributed by atoms with Crippen LogP contribution in [0.25, 0.3) is 0 Å². The third kappa shape index (κ3) is 4.19. The summed E-state index contributed by atoms with van der Waals surface area (Å²) in [5.74, 6) is -14.4. The minimum Gasteiger partial charge on any atom is -0.197 e. The monoisotopic (exact) mass is 418 g/mol. The maximum Gasteiger partial charge on any atom is 0.462 e. The van der Waals surface area contributed by atoms with Crippen LogP contribution in [0.2, 0.25) is 0 Å². The molecule has 0 aromatic carbocycles. The van der Waals surface area contributed by atoms with Crippen molar-refractivity contribution in [2.24, 2.45) is 0 Å². The van der Waals surface area contributed by atoms with E-state index in [9.17, 15) is 65.7 Å². The summed E-state index contributed by atoms with van der Waals surface area (Å²) in [4.78, 5) is 0. The molecule has 0 aliphatic rings. The molecule has 0 bridgehead atoms. The van der Waals surface area contributed by atoms with Crippen LogP contribution < -0.4 is 0 Å². The molecule has 0 heterocycles. The molecule has 0 atom stereocenters. The van der Waals surface area contributed by atoms with Crippen molar-refractivity contribution in [2.75, 3.05) is 0 Å². The molecule has 0 rings (SSSR count). The lowest BCUT2D eigenvalue weighted by molar-refractivity contribution is -0.413. The first-order valence-corrected chi connectivity index (χ1v) is 5.55. The van der Waals surface area contributed by atoms with E-state index in [1.54, 1.807) is 0 Å². The third-order valence-electron chi connectivity index (χ3n) is 1.79. The van der Waals surface area contributed by atoms with Gasteiger partial charge in [-0.15, -0.1) is 0 Å². The normalized spacial score (nSPS) is 16.0. The fourth-order valence-electron chi connectivity index (χ4n) is 0.623. The van der Waals surface area contributed by atoms with Crippen molar-refractivity contribution >= 4 is 11.4 Å². The summed E-state index contributed by atoms with van der Waals surface area (Å²) in [6, 6.07) is 0. The van der Waals surface area contributed by atoms with E-state index in [1.807, 2.05) is 8.37 Å².